The largest absolute Gasteiger partial charge is 0.356 e. The van der Waals surface area contributed by atoms with Crippen LogP contribution in [0.5, 0.6) is 0 Å². The molecule has 2 heterocycles. The fourth-order valence-electron chi connectivity index (χ4n) is 2.38. The van der Waals surface area contributed by atoms with Crippen LogP contribution in [0, 0.1) is 0 Å². The lowest BCUT2D eigenvalue weighted by atomic mass is 10.2. The molecule has 5 nitrogen and oxygen atoms in total. The number of nitrogens with one attached hydrogen (secondary N) is 1. The lowest BCUT2D eigenvalue weighted by Gasteiger charge is -2.12. The highest BCUT2D eigenvalue weighted by molar-refractivity contribution is 8.02. The zero-order chi connectivity index (χ0) is 16.1. The molecule has 1 saturated heterocycles. The molecular weight excluding hydrogens is 328 g/mol. The van der Waals surface area contributed by atoms with E-state index in [-0.39, 0.29) is 11.2 Å². The molecule has 0 saturated carbocycles. The van der Waals surface area contributed by atoms with Crippen LogP contribution in [-0.2, 0) is 11.3 Å². The lowest BCUT2D eigenvalue weighted by molar-refractivity contribution is -0.126. The number of carbonyl (C=O) groups excluding carboxylic acids is 1. The molecule has 0 spiro atoms. The van der Waals surface area contributed by atoms with Gasteiger partial charge in [-0.2, -0.15) is 0 Å². The molecule has 2 aromatic rings. The van der Waals surface area contributed by atoms with Gasteiger partial charge < -0.3 is 10.2 Å². The summed E-state index contributed by atoms with van der Waals surface area (Å²) in [5.74, 6) is 0.170. The molecule has 0 bridgehead atoms. The molecule has 3 rings (SSSR count). The number of benzene rings is 1. The Bertz CT molecular complexity index is 674. The number of anilines is 1. The van der Waals surface area contributed by atoms with Crippen LogP contribution in [0.3, 0.4) is 0 Å². The van der Waals surface area contributed by atoms with Gasteiger partial charge in [0.1, 0.15) is 0 Å². The molecule has 23 heavy (non-hydrogen) atoms. The van der Waals surface area contributed by atoms with Gasteiger partial charge >= 0.3 is 0 Å². The van der Waals surface area contributed by atoms with Crippen molar-refractivity contribution in [3.63, 3.8) is 0 Å². The van der Waals surface area contributed by atoms with E-state index in [1.165, 1.54) is 28.7 Å². The van der Waals surface area contributed by atoms with E-state index in [4.69, 9.17) is 0 Å². The van der Waals surface area contributed by atoms with Crippen LogP contribution in [0.1, 0.15) is 12.0 Å². The van der Waals surface area contributed by atoms with Gasteiger partial charge in [-0.1, -0.05) is 59.5 Å². The van der Waals surface area contributed by atoms with Gasteiger partial charge in [-0.15, -0.1) is 16.8 Å². The van der Waals surface area contributed by atoms with E-state index in [0.717, 1.165) is 29.0 Å². The summed E-state index contributed by atoms with van der Waals surface area (Å²) in [4.78, 5) is 14.0. The SMILES string of the molecule is C=CCN1CCC(Sc2nnc(NCc3ccccc3)s2)C1=O. The van der Waals surface area contributed by atoms with Gasteiger partial charge in [0.05, 0.1) is 5.25 Å². The Morgan fingerprint density at radius 2 is 2.22 bits per heavy atom. The molecule has 0 radical (unpaired) electrons. The topological polar surface area (TPSA) is 58.1 Å². The zero-order valence-electron chi connectivity index (χ0n) is 12.6. The summed E-state index contributed by atoms with van der Waals surface area (Å²) < 4.78 is 0.833. The maximum absolute atomic E-state index is 12.2. The van der Waals surface area contributed by atoms with E-state index in [0.29, 0.717) is 6.54 Å². The Morgan fingerprint density at radius 3 is 3.00 bits per heavy atom. The smallest absolute Gasteiger partial charge is 0.236 e. The third-order valence-electron chi connectivity index (χ3n) is 3.53. The summed E-state index contributed by atoms with van der Waals surface area (Å²) in [5, 5.41) is 12.3. The van der Waals surface area contributed by atoms with Gasteiger partial charge in [0, 0.05) is 19.6 Å². The van der Waals surface area contributed by atoms with Crippen molar-refractivity contribution < 1.29 is 4.79 Å². The normalized spacial score (nSPS) is 17.5. The highest BCUT2D eigenvalue weighted by atomic mass is 32.2. The van der Waals surface area contributed by atoms with Crippen LogP contribution >= 0.6 is 23.1 Å². The van der Waals surface area contributed by atoms with E-state index in [9.17, 15) is 4.79 Å². The Hall–Kier alpha value is -1.86. The van der Waals surface area contributed by atoms with Crippen molar-refractivity contribution in [2.75, 3.05) is 18.4 Å². The summed E-state index contributed by atoms with van der Waals surface area (Å²) in [6.45, 7) is 5.82. The van der Waals surface area contributed by atoms with Crippen molar-refractivity contribution in [3.05, 3.63) is 48.6 Å². The number of hydrogen-bond donors (Lipinski definition) is 1. The van der Waals surface area contributed by atoms with E-state index >= 15 is 0 Å². The molecule has 1 aliphatic heterocycles. The maximum atomic E-state index is 12.2. The molecule has 1 N–H and O–H groups in total. The highest BCUT2D eigenvalue weighted by Crippen LogP contribution is 2.33. The standard InChI is InChI=1S/C16H18N4OS2/c1-2-9-20-10-8-13(14(20)21)22-16-19-18-15(23-16)17-11-12-6-4-3-5-7-12/h2-7,13H,1,8-11H2,(H,17,18). The van der Waals surface area contributed by atoms with Crippen LogP contribution in [-0.4, -0.2) is 39.3 Å². The fraction of sp³-hybridized carbons (Fsp3) is 0.312. The van der Waals surface area contributed by atoms with Gasteiger partial charge in [-0.05, 0) is 12.0 Å². The number of hydrogen-bond acceptors (Lipinski definition) is 6. The van der Waals surface area contributed by atoms with Crippen molar-refractivity contribution >= 4 is 34.1 Å². The second kappa shape index (κ2) is 7.61. The average Bonchev–Trinajstić information content (AvgIpc) is 3.16. The molecule has 1 aliphatic rings. The molecule has 0 aliphatic carbocycles. The second-order valence-electron chi connectivity index (χ2n) is 5.18. The summed E-state index contributed by atoms with van der Waals surface area (Å²) in [5.41, 5.74) is 1.20. The number of likely N-dealkylation sites (tertiary alicyclic amines) is 1. The van der Waals surface area contributed by atoms with E-state index < -0.39 is 0 Å². The Morgan fingerprint density at radius 1 is 1.39 bits per heavy atom. The first-order chi connectivity index (χ1) is 11.3. The number of amides is 1. The van der Waals surface area contributed by atoms with Gasteiger partial charge in [-0.3, -0.25) is 4.79 Å². The third-order valence-corrected chi connectivity index (χ3v) is 5.75. The number of carbonyl (C=O) groups is 1. The summed E-state index contributed by atoms with van der Waals surface area (Å²) in [6, 6.07) is 10.2. The zero-order valence-corrected chi connectivity index (χ0v) is 14.3. The minimum atomic E-state index is -0.0510. The van der Waals surface area contributed by atoms with Crippen LogP contribution in [0.2, 0.25) is 0 Å². The van der Waals surface area contributed by atoms with Crippen molar-refractivity contribution in [2.24, 2.45) is 0 Å². The van der Waals surface area contributed by atoms with Crippen LogP contribution in [0.4, 0.5) is 5.13 Å². The van der Waals surface area contributed by atoms with E-state index in [1.54, 1.807) is 6.08 Å². The van der Waals surface area contributed by atoms with Crippen molar-refractivity contribution in [2.45, 2.75) is 22.6 Å². The van der Waals surface area contributed by atoms with Gasteiger partial charge in [0.25, 0.3) is 0 Å². The average molecular weight is 346 g/mol. The van der Waals surface area contributed by atoms with Crippen molar-refractivity contribution in [1.29, 1.82) is 0 Å². The predicted octanol–water partition coefficient (Wildman–Crippen LogP) is 3.03. The molecule has 1 aromatic heterocycles. The van der Waals surface area contributed by atoms with Gasteiger partial charge in [0.2, 0.25) is 11.0 Å². The Balaban J connectivity index is 1.53. The first-order valence-corrected chi connectivity index (χ1v) is 9.13. The quantitative estimate of drug-likeness (QED) is 0.781. The van der Waals surface area contributed by atoms with Gasteiger partial charge in [-0.25, -0.2) is 0 Å². The van der Waals surface area contributed by atoms with E-state index in [2.05, 4.69) is 34.2 Å². The lowest BCUT2D eigenvalue weighted by Crippen LogP contribution is -2.28. The van der Waals surface area contributed by atoms with Crippen LogP contribution in [0.15, 0.2) is 47.3 Å². The third kappa shape index (κ3) is 4.11. The summed E-state index contributed by atoms with van der Waals surface area (Å²) in [7, 11) is 0. The Kier molecular flexibility index (Phi) is 5.30. The van der Waals surface area contributed by atoms with Crippen molar-refractivity contribution in [1.82, 2.24) is 15.1 Å². The monoisotopic (exact) mass is 346 g/mol. The van der Waals surface area contributed by atoms with Crippen molar-refractivity contribution in [3.8, 4) is 0 Å². The predicted molar refractivity (Wildman–Crippen MR) is 94.7 cm³/mol. The first-order valence-electron chi connectivity index (χ1n) is 7.44. The van der Waals surface area contributed by atoms with Crippen LogP contribution < -0.4 is 5.32 Å². The molecule has 7 heteroatoms. The number of nitrogens with zero attached hydrogens (tertiary/aromatic N) is 3. The minimum Gasteiger partial charge on any atom is -0.356 e. The molecule has 1 fully saturated rings. The fourth-order valence-corrected chi connectivity index (χ4v) is 4.44. The van der Waals surface area contributed by atoms with Gasteiger partial charge in [0.15, 0.2) is 4.34 Å². The number of thioether (sulfide) groups is 1. The second-order valence-corrected chi connectivity index (χ2v) is 7.61. The molecular formula is C16H18N4OS2. The molecule has 1 unspecified atom stereocenters. The molecule has 1 atom stereocenters. The molecule has 1 aromatic carbocycles. The first kappa shape index (κ1) is 16.0. The minimum absolute atomic E-state index is 0.0510. The molecule has 120 valence electrons. The summed E-state index contributed by atoms with van der Waals surface area (Å²) >= 11 is 3.01. The Labute approximate surface area is 143 Å². The van der Waals surface area contributed by atoms with E-state index in [1.807, 2.05) is 23.1 Å². The number of rotatable bonds is 7. The number of aromatic nitrogens is 2. The van der Waals surface area contributed by atoms with Crippen LogP contribution in [0.25, 0.3) is 0 Å². The summed E-state index contributed by atoms with van der Waals surface area (Å²) in [6.07, 6.45) is 2.62. The highest BCUT2D eigenvalue weighted by Gasteiger charge is 2.32. The molecule has 1 amide bonds. The maximum Gasteiger partial charge on any atom is 0.236 e.